The van der Waals surface area contributed by atoms with Crippen LogP contribution in [0.25, 0.3) is 0 Å². The molecule has 0 aromatic heterocycles. The maximum Gasteiger partial charge on any atom is 0.0781 e. The molecule has 0 atom stereocenters. The average molecular weight is 392 g/mol. The summed E-state index contributed by atoms with van der Waals surface area (Å²) in [6.07, 6.45) is 1.92. The molecule has 0 heterocycles. The highest BCUT2D eigenvalue weighted by molar-refractivity contribution is 9.10. The monoisotopic (exact) mass is 391 g/mol. The molecule has 0 fully saturated rings. The van der Waals surface area contributed by atoms with E-state index in [1.54, 1.807) is 0 Å². The Morgan fingerprint density at radius 3 is 1.60 bits per heavy atom. The molecule has 0 aliphatic rings. The number of benzene rings is 3. The Kier molecular flexibility index (Phi) is 5.83. The van der Waals surface area contributed by atoms with E-state index in [9.17, 15) is 0 Å². The zero-order chi connectivity index (χ0) is 17.6. The topological polar surface area (TPSA) is 12.4 Å². The lowest BCUT2D eigenvalue weighted by molar-refractivity contribution is 1.07. The molecule has 0 radical (unpaired) electrons. The van der Waals surface area contributed by atoms with Gasteiger partial charge in [-0.05, 0) is 36.1 Å². The van der Waals surface area contributed by atoms with Gasteiger partial charge in [0.15, 0.2) is 0 Å². The summed E-state index contributed by atoms with van der Waals surface area (Å²) in [7, 11) is 0. The summed E-state index contributed by atoms with van der Waals surface area (Å²) in [6.45, 7) is 4.37. The van der Waals surface area contributed by atoms with Gasteiger partial charge in [0, 0.05) is 15.6 Å². The van der Waals surface area contributed by atoms with E-state index in [-0.39, 0.29) is 0 Å². The standard InChI is InChI=1S/C23H22BrN/c1-3-17-15-21(24)16-18(4-2)22(17)25-23(19-11-7-5-8-12-19)20-13-9-6-10-14-20/h5-16H,3-4H2,1-2H3. The normalized spacial score (nSPS) is 10.5. The molecule has 0 amide bonds. The van der Waals surface area contributed by atoms with Crippen molar-refractivity contribution in [3.05, 3.63) is 99.5 Å². The van der Waals surface area contributed by atoms with Crippen LogP contribution in [-0.4, -0.2) is 5.71 Å². The summed E-state index contributed by atoms with van der Waals surface area (Å²) in [5.74, 6) is 0. The number of halogens is 1. The van der Waals surface area contributed by atoms with Crippen LogP contribution in [-0.2, 0) is 12.8 Å². The highest BCUT2D eigenvalue weighted by Crippen LogP contribution is 2.31. The van der Waals surface area contributed by atoms with Crippen molar-refractivity contribution >= 4 is 27.3 Å². The summed E-state index contributed by atoms with van der Waals surface area (Å²) in [4.78, 5) is 5.18. The van der Waals surface area contributed by atoms with Crippen LogP contribution < -0.4 is 0 Å². The molecule has 3 aromatic rings. The predicted molar refractivity (Wildman–Crippen MR) is 111 cm³/mol. The first-order chi connectivity index (χ1) is 12.2. The molecule has 0 N–H and O–H groups in total. The van der Waals surface area contributed by atoms with Crippen LogP contribution in [0.15, 0.2) is 82.3 Å². The Morgan fingerprint density at radius 1 is 0.760 bits per heavy atom. The summed E-state index contributed by atoms with van der Waals surface area (Å²) in [5.41, 5.74) is 6.96. The van der Waals surface area contributed by atoms with Crippen LogP contribution in [0.5, 0.6) is 0 Å². The van der Waals surface area contributed by atoms with Crippen molar-refractivity contribution in [3.63, 3.8) is 0 Å². The van der Waals surface area contributed by atoms with Crippen LogP contribution in [0.3, 0.4) is 0 Å². The lowest BCUT2D eigenvalue weighted by Gasteiger charge is -2.14. The van der Waals surface area contributed by atoms with Gasteiger partial charge in [0.05, 0.1) is 11.4 Å². The second-order valence-corrected chi connectivity index (χ2v) is 6.89. The van der Waals surface area contributed by atoms with Gasteiger partial charge < -0.3 is 0 Å². The Bertz CT molecular complexity index is 801. The van der Waals surface area contributed by atoms with Gasteiger partial charge in [-0.1, -0.05) is 90.4 Å². The smallest absolute Gasteiger partial charge is 0.0781 e. The molecule has 0 bridgehead atoms. The third kappa shape index (κ3) is 4.08. The fourth-order valence-electron chi connectivity index (χ4n) is 3.00. The van der Waals surface area contributed by atoms with E-state index in [4.69, 9.17) is 4.99 Å². The second-order valence-electron chi connectivity index (χ2n) is 5.97. The molecule has 0 saturated heterocycles. The zero-order valence-electron chi connectivity index (χ0n) is 14.7. The maximum atomic E-state index is 5.18. The number of hydrogen-bond donors (Lipinski definition) is 0. The maximum absolute atomic E-state index is 5.18. The van der Waals surface area contributed by atoms with Crippen molar-refractivity contribution in [2.75, 3.05) is 0 Å². The van der Waals surface area contributed by atoms with Gasteiger partial charge >= 0.3 is 0 Å². The van der Waals surface area contributed by atoms with Crippen molar-refractivity contribution in [1.29, 1.82) is 0 Å². The van der Waals surface area contributed by atoms with Crippen LogP contribution in [0.1, 0.15) is 36.1 Å². The van der Waals surface area contributed by atoms with Crippen molar-refractivity contribution in [2.24, 2.45) is 4.99 Å². The summed E-state index contributed by atoms with van der Waals surface area (Å²) in [5, 5.41) is 0. The summed E-state index contributed by atoms with van der Waals surface area (Å²) < 4.78 is 1.13. The van der Waals surface area contributed by atoms with Gasteiger partial charge in [-0.25, -0.2) is 4.99 Å². The molecule has 0 saturated carbocycles. The first-order valence-electron chi connectivity index (χ1n) is 8.73. The third-order valence-corrected chi connectivity index (χ3v) is 4.77. The number of rotatable bonds is 5. The van der Waals surface area contributed by atoms with Crippen LogP contribution >= 0.6 is 15.9 Å². The third-order valence-electron chi connectivity index (χ3n) is 4.31. The second kappa shape index (κ2) is 8.26. The lowest BCUT2D eigenvalue weighted by atomic mass is 10.00. The highest BCUT2D eigenvalue weighted by Gasteiger charge is 2.12. The van der Waals surface area contributed by atoms with Gasteiger partial charge in [0.2, 0.25) is 0 Å². The first kappa shape index (κ1) is 17.6. The minimum absolute atomic E-state index is 0.960. The van der Waals surface area contributed by atoms with Gasteiger partial charge in [-0.3, -0.25) is 0 Å². The highest BCUT2D eigenvalue weighted by atomic mass is 79.9. The van der Waals surface area contributed by atoms with Gasteiger partial charge in [-0.2, -0.15) is 0 Å². The molecule has 0 spiro atoms. The fourth-order valence-corrected chi connectivity index (χ4v) is 3.55. The Hall–Kier alpha value is -2.19. The Morgan fingerprint density at radius 2 is 1.20 bits per heavy atom. The van der Waals surface area contributed by atoms with E-state index >= 15 is 0 Å². The quantitative estimate of drug-likeness (QED) is 0.426. The Labute approximate surface area is 158 Å². The average Bonchev–Trinajstić information content (AvgIpc) is 2.67. The lowest BCUT2D eigenvalue weighted by Crippen LogP contribution is -2.04. The van der Waals surface area contributed by atoms with Gasteiger partial charge in [0.1, 0.15) is 0 Å². The molecule has 126 valence electrons. The summed E-state index contributed by atoms with van der Waals surface area (Å²) in [6, 6.07) is 25.2. The summed E-state index contributed by atoms with van der Waals surface area (Å²) >= 11 is 3.64. The number of aryl methyl sites for hydroxylation is 2. The number of nitrogens with zero attached hydrogens (tertiary/aromatic N) is 1. The molecular formula is C23H22BrN. The van der Waals surface area contributed by atoms with Crippen LogP contribution in [0.2, 0.25) is 0 Å². The van der Waals surface area contributed by atoms with E-state index in [2.05, 4.69) is 90.4 Å². The fraction of sp³-hybridized carbons (Fsp3) is 0.174. The molecule has 0 aliphatic heterocycles. The minimum Gasteiger partial charge on any atom is -0.247 e. The predicted octanol–water partition coefficient (Wildman–Crippen LogP) is 6.74. The van der Waals surface area contributed by atoms with E-state index in [1.807, 2.05) is 12.1 Å². The van der Waals surface area contributed by atoms with Crippen molar-refractivity contribution in [3.8, 4) is 0 Å². The van der Waals surface area contributed by atoms with Crippen LogP contribution in [0.4, 0.5) is 5.69 Å². The molecule has 0 aliphatic carbocycles. The molecule has 25 heavy (non-hydrogen) atoms. The molecule has 3 aromatic carbocycles. The van der Waals surface area contributed by atoms with Crippen molar-refractivity contribution in [1.82, 2.24) is 0 Å². The largest absolute Gasteiger partial charge is 0.247 e. The minimum atomic E-state index is 0.960. The van der Waals surface area contributed by atoms with E-state index in [0.29, 0.717) is 0 Å². The van der Waals surface area contributed by atoms with E-state index < -0.39 is 0 Å². The molecule has 2 heteroatoms. The zero-order valence-corrected chi connectivity index (χ0v) is 16.3. The SMILES string of the molecule is CCc1cc(Br)cc(CC)c1N=C(c1ccccc1)c1ccccc1. The number of aliphatic imine (C=N–C) groups is 1. The molecule has 0 unspecified atom stereocenters. The first-order valence-corrected chi connectivity index (χ1v) is 9.53. The number of hydrogen-bond acceptors (Lipinski definition) is 1. The van der Waals surface area contributed by atoms with E-state index in [0.717, 1.165) is 39.8 Å². The van der Waals surface area contributed by atoms with E-state index in [1.165, 1.54) is 11.1 Å². The van der Waals surface area contributed by atoms with Crippen molar-refractivity contribution < 1.29 is 0 Å². The Balaban J connectivity index is 2.24. The van der Waals surface area contributed by atoms with Gasteiger partial charge in [0.25, 0.3) is 0 Å². The molecule has 1 nitrogen and oxygen atoms in total. The van der Waals surface area contributed by atoms with Crippen molar-refractivity contribution in [2.45, 2.75) is 26.7 Å². The molecular weight excluding hydrogens is 370 g/mol. The molecule has 3 rings (SSSR count). The van der Waals surface area contributed by atoms with Crippen LogP contribution in [0, 0.1) is 0 Å². The van der Waals surface area contributed by atoms with Gasteiger partial charge in [-0.15, -0.1) is 0 Å².